The van der Waals surface area contributed by atoms with Crippen molar-refractivity contribution in [2.45, 2.75) is 25.3 Å². The molecule has 2 aliphatic heterocycles. The summed E-state index contributed by atoms with van der Waals surface area (Å²) >= 11 is 5.90. The van der Waals surface area contributed by atoms with Gasteiger partial charge in [-0.15, -0.1) is 0 Å². The van der Waals surface area contributed by atoms with Crippen LogP contribution in [0.4, 0.5) is 4.39 Å². The molecular formula is C15H14ClFN2O3. The van der Waals surface area contributed by atoms with Crippen molar-refractivity contribution in [2.75, 3.05) is 13.1 Å². The maximum Gasteiger partial charge on any atom is 0.230 e. The van der Waals surface area contributed by atoms with E-state index in [9.17, 15) is 18.8 Å². The smallest absolute Gasteiger partial charge is 0.230 e. The predicted octanol–water partition coefficient (Wildman–Crippen LogP) is 1.38. The average Bonchev–Trinajstić information content (AvgIpc) is 2.73. The molecule has 0 spiro atoms. The first kappa shape index (κ1) is 15.0. The first-order valence-corrected chi connectivity index (χ1v) is 7.40. The van der Waals surface area contributed by atoms with Crippen molar-refractivity contribution in [3.8, 4) is 0 Å². The second-order valence-electron chi connectivity index (χ2n) is 5.49. The van der Waals surface area contributed by atoms with Crippen LogP contribution in [-0.2, 0) is 20.8 Å². The molecule has 0 radical (unpaired) electrons. The van der Waals surface area contributed by atoms with Gasteiger partial charge in [0.05, 0.1) is 12.5 Å². The van der Waals surface area contributed by atoms with Crippen molar-refractivity contribution in [3.63, 3.8) is 0 Å². The lowest BCUT2D eigenvalue weighted by Gasteiger charge is -2.43. The third kappa shape index (κ3) is 2.59. The summed E-state index contributed by atoms with van der Waals surface area (Å²) in [5, 5.41) is 0.218. The zero-order valence-electron chi connectivity index (χ0n) is 11.7. The Morgan fingerprint density at radius 1 is 1.23 bits per heavy atom. The number of rotatable bonds is 3. The number of likely N-dealkylation sites (tertiary alicyclic amines) is 2. The van der Waals surface area contributed by atoms with Gasteiger partial charge in [-0.2, -0.15) is 0 Å². The van der Waals surface area contributed by atoms with Crippen LogP contribution < -0.4 is 0 Å². The Hall–Kier alpha value is -1.95. The van der Waals surface area contributed by atoms with Crippen LogP contribution in [0.1, 0.15) is 18.4 Å². The second-order valence-corrected chi connectivity index (χ2v) is 5.89. The highest BCUT2D eigenvalue weighted by Crippen LogP contribution is 2.25. The normalized spacial score (nSPS) is 18.8. The lowest BCUT2D eigenvalue weighted by molar-refractivity contribution is -0.151. The van der Waals surface area contributed by atoms with Crippen LogP contribution in [0.25, 0.3) is 0 Å². The molecule has 3 amide bonds. The van der Waals surface area contributed by atoms with Crippen molar-refractivity contribution < 1.29 is 18.8 Å². The molecule has 2 saturated heterocycles. The molecule has 116 valence electrons. The van der Waals surface area contributed by atoms with Crippen molar-refractivity contribution in [1.82, 2.24) is 9.80 Å². The summed E-state index contributed by atoms with van der Waals surface area (Å²) in [6, 6.07) is 4.03. The molecule has 2 fully saturated rings. The quantitative estimate of drug-likeness (QED) is 0.789. The number of carbonyl (C=O) groups excluding carboxylic acids is 3. The van der Waals surface area contributed by atoms with Crippen molar-refractivity contribution in [3.05, 3.63) is 34.6 Å². The summed E-state index contributed by atoms with van der Waals surface area (Å²) in [6.07, 6.45) is 0.363. The van der Waals surface area contributed by atoms with E-state index in [-0.39, 0.29) is 53.6 Å². The van der Waals surface area contributed by atoms with Gasteiger partial charge < -0.3 is 4.90 Å². The van der Waals surface area contributed by atoms with Gasteiger partial charge in [-0.1, -0.05) is 17.7 Å². The van der Waals surface area contributed by atoms with Crippen LogP contribution in [0.15, 0.2) is 18.2 Å². The van der Waals surface area contributed by atoms with Gasteiger partial charge in [-0.05, 0) is 12.1 Å². The minimum absolute atomic E-state index is 0.125. The van der Waals surface area contributed by atoms with Gasteiger partial charge in [0.15, 0.2) is 0 Å². The molecule has 0 aromatic heterocycles. The minimum atomic E-state index is -0.511. The fourth-order valence-corrected chi connectivity index (χ4v) is 3.02. The van der Waals surface area contributed by atoms with Gasteiger partial charge in [0.2, 0.25) is 17.7 Å². The molecule has 1 aromatic carbocycles. The van der Waals surface area contributed by atoms with Crippen LogP contribution in [0.5, 0.6) is 0 Å². The van der Waals surface area contributed by atoms with E-state index in [0.29, 0.717) is 13.1 Å². The summed E-state index contributed by atoms with van der Waals surface area (Å²) in [5.41, 5.74) is 0.172. The maximum absolute atomic E-state index is 13.7. The van der Waals surface area contributed by atoms with Gasteiger partial charge in [0.1, 0.15) is 5.82 Å². The fraction of sp³-hybridized carbons (Fsp3) is 0.400. The molecule has 2 heterocycles. The van der Waals surface area contributed by atoms with Crippen molar-refractivity contribution in [1.29, 1.82) is 0 Å². The van der Waals surface area contributed by atoms with Crippen molar-refractivity contribution >= 4 is 29.3 Å². The topological polar surface area (TPSA) is 57.7 Å². The molecule has 7 heteroatoms. The average molecular weight is 325 g/mol. The summed E-state index contributed by atoms with van der Waals surface area (Å²) in [4.78, 5) is 38.1. The Balaban J connectivity index is 1.60. The Kier molecular flexibility index (Phi) is 3.87. The summed E-state index contributed by atoms with van der Waals surface area (Å²) in [5.74, 6) is -1.14. The summed E-state index contributed by atoms with van der Waals surface area (Å²) in [7, 11) is 0. The van der Waals surface area contributed by atoms with E-state index in [1.807, 2.05) is 0 Å². The zero-order valence-corrected chi connectivity index (χ0v) is 12.5. The maximum atomic E-state index is 13.7. The largest absolute Gasteiger partial charge is 0.338 e. The molecule has 5 nitrogen and oxygen atoms in total. The van der Waals surface area contributed by atoms with E-state index < -0.39 is 5.82 Å². The van der Waals surface area contributed by atoms with Gasteiger partial charge in [-0.25, -0.2) is 4.39 Å². The molecule has 22 heavy (non-hydrogen) atoms. The standard InChI is InChI=1S/C15H14ClFN2O3/c16-11-2-1-3-12(17)10(11)6-15(22)18-7-9(8-18)19-13(20)4-5-14(19)21/h1-3,9H,4-8H2. The number of carbonyl (C=O) groups is 3. The number of nitrogens with zero attached hydrogens (tertiary/aromatic N) is 2. The molecule has 0 aliphatic carbocycles. The predicted molar refractivity (Wildman–Crippen MR) is 76.6 cm³/mol. The molecule has 0 unspecified atom stereocenters. The fourth-order valence-electron chi connectivity index (χ4n) is 2.79. The molecular weight excluding hydrogens is 311 g/mol. The third-order valence-corrected chi connectivity index (χ3v) is 4.41. The van der Waals surface area contributed by atoms with Gasteiger partial charge in [0, 0.05) is 36.5 Å². The van der Waals surface area contributed by atoms with Crippen molar-refractivity contribution in [2.24, 2.45) is 0 Å². The molecule has 1 aromatic rings. The first-order chi connectivity index (χ1) is 10.5. The monoisotopic (exact) mass is 324 g/mol. The molecule has 3 rings (SSSR count). The number of amides is 3. The molecule has 0 saturated carbocycles. The Morgan fingerprint density at radius 2 is 1.86 bits per heavy atom. The molecule has 0 bridgehead atoms. The van der Waals surface area contributed by atoms with E-state index in [1.54, 1.807) is 0 Å². The number of hydrogen-bond acceptors (Lipinski definition) is 3. The first-order valence-electron chi connectivity index (χ1n) is 7.03. The highest BCUT2D eigenvalue weighted by Gasteiger charge is 2.42. The van der Waals surface area contributed by atoms with E-state index in [1.165, 1.54) is 28.0 Å². The number of benzene rings is 1. The SMILES string of the molecule is O=C(Cc1c(F)cccc1Cl)N1CC(N2C(=O)CCC2=O)C1. The van der Waals surface area contributed by atoms with E-state index in [0.717, 1.165) is 0 Å². The van der Waals surface area contributed by atoms with Crippen LogP contribution >= 0.6 is 11.6 Å². The minimum Gasteiger partial charge on any atom is -0.338 e. The van der Waals surface area contributed by atoms with Crippen LogP contribution in [-0.4, -0.2) is 46.7 Å². The number of hydrogen-bond donors (Lipinski definition) is 0. The van der Waals surface area contributed by atoms with E-state index >= 15 is 0 Å². The van der Waals surface area contributed by atoms with Crippen LogP contribution in [0.2, 0.25) is 5.02 Å². The van der Waals surface area contributed by atoms with Gasteiger partial charge >= 0.3 is 0 Å². The second kappa shape index (κ2) is 5.68. The van der Waals surface area contributed by atoms with E-state index in [2.05, 4.69) is 0 Å². The molecule has 2 aliphatic rings. The Bertz CT molecular complexity index is 622. The molecule has 0 atom stereocenters. The van der Waals surface area contributed by atoms with E-state index in [4.69, 9.17) is 11.6 Å². The summed E-state index contributed by atoms with van der Waals surface area (Å²) in [6.45, 7) is 0.616. The summed E-state index contributed by atoms with van der Waals surface area (Å²) < 4.78 is 13.7. The number of halogens is 2. The lowest BCUT2D eigenvalue weighted by Crippen LogP contribution is -2.62. The molecule has 0 N–H and O–H groups in total. The Morgan fingerprint density at radius 3 is 2.45 bits per heavy atom. The zero-order chi connectivity index (χ0) is 15.9. The lowest BCUT2D eigenvalue weighted by atomic mass is 10.0. The number of imide groups is 1. The van der Waals surface area contributed by atoms with Crippen LogP contribution in [0, 0.1) is 5.82 Å². The third-order valence-electron chi connectivity index (χ3n) is 4.06. The van der Waals surface area contributed by atoms with Gasteiger partial charge in [0.25, 0.3) is 0 Å². The highest BCUT2D eigenvalue weighted by atomic mass is 35.5. The highest BCUT2D eigenvalue weighted by molar-refractivity contribution is 6.31. The van der Waals surface area contributed by atoms with Crippen LogP contribution in [0.3, 0.4) is 0 Å². The Labute approximate surface area is 131 Å². The van der Waals surface area contributed by atoms with Gasteiger partial charge in [-0.3, -0.25) is 19.3 Å².